The van der Waals surface area contributed by atoms with Gasteiger partial charge in [-0.15, -0.1) is 0 Å². The second kappa shape index (κ2) is 10.8. The van der Waals surface area contributed by atoms with Gasteiger partial charge in [-0.05, 0) is 45.7 Å². The van der Waals surface area contributed by atoms with Crippen LogP contribution in [0.5, 0.6) is 5.75 Å². The van der Waals surface area contributed by atoms with Crippen LogP contribution < -0.4 is 20.7 Å². The van der Waals surface area contributed by atoms with Crippen molar-refractivity contribution in [3.8, 4) is 5.75 Å². The summed E-state index contributed by atoms with van der Waals surface area (Å²) in [4.78, 5) is 31.7. The molecule has 0 radical (unpaired) electrons. The summed E-state index contributed by atoms with van der Waals surface area (Å²) in [6.45, 7) is 5.56. The lowest BCUT2D eigenvalue weighted by molar-refractivity contribution is -0.137. The Hall–Kier alpha value is -3.57. The Balaban J connectivity index is 1.89. The number of anilines is 3. The Morgan fingerprint density at radius 1 is 1.26 bits per heavy atom. The molecule has 12 heteroatoms. The molecule has 1 fully saturated rings. The number of amides is 1. The van der Waals surface area contributed by atoms with Gasteiger partial charge in [-0.2, -0.15) is 18.2 Å². The number of carboxylic acid groups (broad SMARTS) is 1. The fraction of sp³-hybridized carbons (Fsp3) is 0.478. The van der Waals surface area contributed by atoms with Gasteiger partial charge >= 0.3 is 12.1 Å². The predicted molar refractivity (Wildman–Crippen MR) is 123 cm³/mol. The number of aromatic nitrogens is 2. The number of carbonyl (C=O) groups excluding carboxylic acids is 1. The van der Waals surface area contributed by atoms with Gasteiger partial charge in [0.05, 0.1) is 12.5 Å². The van der Waals surface area contributed by atoms with Crippen LogP contribution >= 0.6 is 0 Å². The van der Waals surface area contributed by atoms with Crippen LogP contribution in [0.3, 0.4) is 0 Å². The lowest BCUT2D eigenvalue weighted by atomic mass is 10.0. The summed E-state index contributed by atoms with van der Waals surface area (Å²) in [6, 6.07) is 3.55. The molecule has 35 heavy (non-hydrogen) atoms. The third-order valence-corrected chi connectivity index (χ3v) is 5.47. The minimum Gasteiger partial charge on any atom is -0.493 e. The van der Waals surface area contributed by atoms with E-state index < -0.39 is 35.5 Å². The van der Waals surface area contributed by atoms with Gasteiger partial charge in [0, 0.05) is 30.0 Å². The summed E-state index contributed by atoms with van der Waals surface area (Å²) in [6.07, 6.45) is -2.26. The second-order valence-electron chi connectivity index (χ2n) is 8.48. The van der Waals surface area contributed by atoms with Crippen LogP contribution in [0.15, 0.2) is 24.4 Å². The standard InChI is InChI=1S/C23H28F3N5O4/c1-4-35-18-10-13(8-9-15(18)21(33)34)29-22-27-11-16(23(24,25)26)19(31-22)30-17-7-5-6-14(17)20(32)28-12(2)3/h8-12,14,17H,4-7H2,1-3H3,(H,28,32)(H,33,34)(H2,27,29,30,31). The van der Waals surface area contributed by atoms with Gasteiger partial charge in [-0.25, -0.2) is 9.78 Å². The maximum atomic E-state index is 13.7. The average Bonchev–Trinajstić information content (AvgIpc) is 3.21. The van der Waals surface area contributed by atoms with E-state index in [0.717, 1.165) is 0 Å². The quantitative estimate of drug-likeness (QED) is 0.402. The lowest BCUT2D eigenvalue weighted by Gasteiger charge is -2.24. The molecule has 1 aliphatic carbocycles. The van der Waals surface area contributed by atoms with Crippen molar-refractivity contribution in [2.45, 2.75) is 58.3 Å². The molecule has 1 aromatic carbocycles. The average molecular weight is 496 g/mol. The summed E-state index contributed by atoms with van der Waals surface area (Å²) in [5, 5.41) is 17.7. The third kappa shape index (κ3) is 6.52. The zero-order valence-electron chi connectivity index (χ0n) is 19.6. The molecule has 190 valence electrons. The van der Waals surface area contributed by atoms with E-state index in [2.05, 4.69) is 25.9 Å². The van der Waals surface area contributed by atoms with Crippen molar-refractivity contribution in [1.82, 2.24) is 15.3 Å². The number of halogens is 3. The normalized spacial score (nSPS) is 17.8. The molecule has 0 bridgehead atoms. The van der Waals surface area contributed by atoms with Gasteiger partial charge in [-0.1, -0.05) is 6.42 Å². The monoisotopic (exact) mass is 495 g/mol. The van der Waals surface area contributed by atoms with Gasteiger partial charge in [0.1, 0.15) is 22.7 Å². The van der Waals surface area contributed by atoms with Crippen molar-refractivity contribution in [3.05, 3.63) is 35.5 Å². The first kappa shape index (κ1) is 26.0. The Labute approximate surface area is 200 Å². The van der Waals surface area contributed by atoms with Crippen molar-refractivity contribution >= 4 is 29.3 Å². The van der Waals surface area contributed by atoms with E-state index in [4.69, 9.17) is 4.74 Å². The van der Waals surface area contributed by atoms with Crippen LogP contribution in [0.2, 0.25) is 0 Å². The Bertz CT molecular complexity index is 1080. The first-order valence-corrected chi connectivity index (χ1v) is 11.3. The Morgan fingerprint density at radius 2 is 2.00 bits per heavy atom. The number of aromatic carboxylic acids is 1. The molecule has 1 aliphatic rings. The highest BCUT2D eigenvalue weighted by Crippen LogP contribution is 2.37. The molecule has 0 saturated heterocycles. The molecule has 2 aromatic rings. The topological polar surface area (TPSA) is 125 Å². The van der Waals surface area contributed by atoms with Crippen molar-refractivity contribution in [1.29, 1.82) is 0 Å². The maximum absolute atomic E-state index is 13.7. The third-order valence-electron chi connectivity index (χ3n) is 5.47. The number of nitrogens with zero attached hydrogens (tertiary/aromatic N) is 2. The van der Waals surface area contributed by atoms with Crippen LogP contribution in [-0.2, 0) is 11.0 Å². The maximum Gasteiger partial charge on any atom is 0.421 e. The molecular weight excluding hydrogens is 467 g/mol. The number of alkyl halides is 3. The van der Waals surface area contributed by atoms with Crippen molar-refractivity contribution in [3.63, 3.8) is 0 Å². The first-order valence-electron chi connectivity index (χ1n) is 11.3. The summed E-state index contributed by atoms with van der Waals surface area (Å²) in [5.74, 6) is -2.34. The number of rotatable bonds is 9. The van der Waals surface area contributed by atoms with Crippen molar-refractivity contribution in [2.75, 3.05) is 17.2 Å². The van der Waals surface area contributed by atoms with E-state index in [-0.39, 0.29) is 35.8 Å². The van der Waals surface area contributed by atoms with Gasteiger partial charge < -0.3 is 25.8 Å². The Morgan fingerprint density at radius 3 is 2.63 bits per heavy atom. The van der Waals surface area contributed by atoms with E-state index in [1.165, 1.54) is 18.2 Å². The number of ether oxygens (including phenoxy) is 1. The molecule has 3 rings (SSSR count). The summed E-state index contributed by atoms with van der Waals surface area (Å²) in [5.41, 5.74) is -0.770. The van der Waals surface area contributed by atoms with Crippen LogP contribution in [-0.4, -0.2) is 45.6 Å². The van der Waals surface area contributed by atoms with Crippen LogP contribution in [0.25, 0.3) is 0 Å². The summed E-state index contributed by atoms with van der Waals surface area (Å²) in [7, 11) is 0. The second-order valence-corrected chi connectivity index (χ2v) is 8.48. The van der Waals surface area contributed by atoms with E-state index in [1.54, 1.807) is 6.92 Å². The molecule has 4 N–H and O–H groups in total. The number of carbonyl (C=O) groups is 2. The molecule has 1 saturated carbocycles. The number of hydrogen-bond donors (Lipinski definition) is 4. The fourth-order valence-electron chi connectivity index (χ4n) is 3.95. The summed E-state index contributed by atoms with van der Waals surface area (Å²) < 4.78 is 46.4. The molecule has 1 aromatic heterocycles. The Kier molecular flexibility index (Phi) is 8.03. The molecule has 2 atom stereocenters. The minimum atomic E-state index is -4.71. The van der Waals surface area contributed by atoms with Crippen LogP contribution in [0.4, 0.5) is 30.6 Å². The first-order chi connectivity index (χ1) is 16.5. The number of nitrogens with one attached hydrogen (secondary N) is 3. The highest BCUT2D eigenvalue weighted by Gasteiger charge is 2.39. The largest absolute Gasteiger partial charge is 0.493 e. The summed E-state index contributed by atoms with van der Waals surface area (Å²) >= 11 is 0. The molecular formula is C23H28F3N5O4. The SMILES string of the molecule is CCOc1cc(Nc2ncc(C(F)(F)F)c(NC3CCCC3C(=O)NC(C)C)n2)ccc1C(=O)O. The fourth-order valence-corrected chi connectivity index (χ4v) is 3.95. The molecule has 1 heterocycles. The highest BCUT2D eigenvalue weighted by atomic mass is 19.4. The molecule has 0 spiro atoms. The molecule has 9 nitrogen and oxygen atoms in total. The minimum absolute atomic E-state index is 0.0555. The van der Waals surface area contributed by atoms with Crippen LogP contribution in [0, 0.1) is 5.92 Å². The van der Waals surface area contributed by atoms with E-state index in [0.29, 0.717) is 31.1 Å². The zero-order valence-corrected chi connectivity index (χ0v) is 19.6. The van der Waals surface area contributed by atoms with Gasteiger partial charge in [-0.3, -0.25) is 4.79 Å². The number of benzene rings is 1. The van der Waals surface area contributed by atoms with Gasteiger partial charge in [0.2, 0.25) is 11.9 Å². The molecule has 1 amide bonds. The van der Waals surface area contributed by atoms with Crippen molar-refractivity contribution < 1.29 is 32.6 Å². The van der Waals surface area contributed by atoms with Gasteiger partial charge in [0.15, 0.2) is 0 Å². The van der Waals surface area contributed by atoms with E-state index in [9.17, 15) is 27.9 Å². The van der Waals surface area contributed by atoms with Crippen LogP contribution in [0.1, 0.15) is 56.0 Å². The lowest BCUT2D eigenvalue weighted by Crippen LogP contribution is -2.41. The van der Waals surface area contributed by atoms with E-state index in [1.807, 2.05) is 13.8 Å². The highest BCUT2D eigenvalue weighted by molar-refractivity contribution is 5.91. The van der Waals surface area contributed by atoms with Crippen molar-refractivity contribution in [2.24, 2.45) is 5.92 Å². The zero-order chi connectivity index (χ0) is 25.8. The number of hydrogen-bond acceptors (Lipinski definition) is 7. The van der Waals surface area contributed by atoms with Gasteiger partial charge in [0.25, 0.3) is 0 Å². The number of carboxylic acids is 1. The molecule has 2 unspecified atom stereocenters. The predicted octanol–water partition coefficient (Wildman–Crippen LogP) is 4.44. The molecule has 0 aliphatic heterocycles. The smallest absolute Gasteiger partial charge is 0.421 e. The van der Waals surface area contributed by atoms with E-state index >= 15 is 0 Å².